The van der Waals surface area contributed by atoms with E-state index in [-0.39, 0.29) is 28.9 Å². The van der Waals surface area contributed by atoms with Crippen LogP contribution in [-0.2, 0) is 23.6 Å². The quantitative estimate of drug-likeness (QED) is 0.337. The minimum Gasteiger partial charge on any atom is -0.497 e. The molecule has 0 fully saturated rings. The average Bonchev–Trinajstić information content (AvgIpc) is 3.19. The van der Waals surface area contributed by atoms with Crippen molar-refractivity contribution in [2.75, 3.05) is 7.11 Å². The molecule has 1 heterocycles. The Balaban J connectivity index is 0.00000324. The summed E-state index contributed by atoms with van der Waals surface area (Å²) in [6.07, 6.45) is 0. The smallest absolute Gasteiger partial charge is 0.242 e. The van der Waals surface area contributed by atoms with Crippen molar-refractivity contribution in [2.24, 2.45) is 12.0 Å². The third kappa shape index (κ3) is 5.89. The summed E-state index contributed by atoms with van der Waals surface area (Å²) in [5.74, 6) is 0.765. The molecule has 0 saturated heterocycles. The van der Waals surface area contributed by atoms with Gasteiger partial charge in [-0.15, -0.1) is 23.7 Å². The van der Waals surface area contributed by atoms with Crippen LogP contribution in [0.3, 0.4) is 0 Å². The highest BCUT2D eigenvalue weighted by Gasteiger charge is 2.19. The maximum Gasteiger partial charge on any atom is 0.242 e. The first-order chi connectivity index (χ1) is 15.9. The van der Waals surface area contributed by atoms with Crippen LogP contribution >= 0.6 is 35.3 Å². The first-order valence-corrected chi connectivity index (χ1v) is 12.8. The van der Waals surface area contributed by atoms with Crippen LogP contribution in [-0.4, -0.2) is 20.1 Å². The number of nitrogens with zero attached hydrogens (tertiary/aromatic N) is 2. The molecule has 4 rings (SSSR count). The summed E-state index contributed by atoms with van der Waals surface area (Å²) in [5, 5.41) is 2.11. The number of methoxy groups -OCH3 is 1. The molecule has 6 nitrogen and oxygen atoms in total. The average molecular weight is 537 g/mol. The summed E-state index contributed by atoms with van der Waals surface area (Å²) < 4.78 is 35.7. The van der Waals surface area contributed by atoms with E-state index in [0.717, 1.165) is 33.1 Å². The fourth-order valence-corrected chi connectivity index (χ4v) is 5.69. The first kappa shape index (κ1) is 26.0. The molecule has 0 spiro atoms. The van der Waals surface area contributed by atoms with Crippen molar-refractivity contribution < 1.29 is 13.2 Å². The highest BCUT2D eigenvalue weighted by molar-refractivity contribution is 7.89. The molecule has 0 bridgehead atoms. The highest BCUT2D eigenvalue weighted by Crippen LogP contribution is 2.29. The summed E-state index contributed by atoms with van der Waals surface area (Å²) in [5.41, 5.74) is 3.23. The van der Waals surface area contributed by atoms with Crippen LogP contribution in [0.5, 0.6) is 5.75 Å². The molecule has 4 aromatic rings. The van der Waals surface area contributed by atoms with Crippen LogP contribution in [0.25, 0.3) is 11.3 Å². The van der Waals surface area contributed by atoms with E-state index in [1.54, 1.807) is 25.3 Å². The Morgan fingerprint density at radius 1 is 1.06 bits per heavy atom. The number of aromatic nitrogens is 1. The summed E-state index contributed by atoms with van der Waals surface area (Å²) >= 11 is 7.74. The van der Waals surface area contributed by atoms with Crippen LogP contribution in [0.4, 0.5) is 5.69 Å². The van der Waals surface area contributed by atoms with Crippen molar-refractivity contribution in [2.45, 2.75) is 11.4 Å². The molecule has 0 saturated carbocycles. The Bertz CT molecular complexity index is 1430. The fraction of sp³-hybridized carbons (Fsp3) is 0.125. The van der Waals surface area contributed by atoms with Gasteiger partial charge in [0.2, 0.25) is 10.0 Å². The van der Waals surface area contributed by atoms with Gasteiger partial charge in [-0.05, 0) is 42.0 Å². The van der Waals surface area contributed by atoms with E-state index in [9.17, 15) is 8.42 Å². The molecule has 10 heteroatoms. The Labute approximate surface area is 214 Å². The van der Waals surface area contributed by atoms with Crippen molar-refractivity contribution in [1.82, 2.24) is 9.29 Å². The largest absolute Gasteiger partial charge is 0.497 e. The number of ether oxygens (including phenoxy) is 1. The molecule has 0 atom stereocenters. The number of benzene rings is 3. The van der Waals surface area contributed by atoms with Crippen molar-refractivity contribution in [1.29, 1.82) is 0 Å². The summed E-state index contributed by atoms with van der Waals surface area (Å²) in [6, 6.07) is 21.8. The minimum absolute atomic E-state index is 0. The van der Waals surface area contributed by atoms with Gasteiger partial charge in [0.1, 0.15) is 10.6 Å². The molecule has 0 radical (unpaired) electrons. The number of thiazole rings is 1. The third-order valence-corrected chi connectivity index (χ3v) is 7.85. The number of hydrogen-bond donors (Lipinski definition) is 1. The van der Waals surface area contributed by atoms with E-state index in [1.807, 2.05) is 71.6 Å². The van der Waals surface area contributed by atoms with Crippen LogP contribution in [0, 0.1) is 0 Å². The molecule has 0 unspecified atom stereocenters. The van der Waals surface area contributed by atoms with Crippen molar-refractivity contribution >= 4 is 51.1 Å². The van der Waals surface area contributed by atoms with E-state index in [2.05, 4.69) is 9.71 Å². The van der Waals surface area contributed by atoms with E-state index >= 15 is 0 Å². The zero-order chi connectivity index (χ0) is 23.4. The molecule has 178 valence electrons. The zero-order valence-electron chi connectivity index (χ0n) is 18.4. The van der Waals surface area contributed by atoms with Gasteiger partial charge in [0.05, 0.1) is 23.5 Å². The summed E-state index contributed by atoms with van der Waals surface area (Å²) in [6.45, 7) is 0.181. The first-order valence-electron chi connectivity index (χ1n) is 10.0. The lowest BCUT2D eigenvalue weighted by Gasteiger charge is -2.11. The van der Waals surface area contributed by atoms with Crippen LogP contribution in [0.1, 0.15) is 5.56 Å². The number of sulfonamides is 1. The van der Waals surface area contributed by atoms with Crippen molar-refractivity contribution in [3.63, 3.8) is 0 Å². The molecule has 0 aliphatic carbocycles. The van der Waals surface area contributed by atoms with Crippen LogP contribution in [0.15, 0.2) is 88.1 Å². The van der Waals surface area contributed by atoms with E-state index in [0.29, 0.717) is 0 Å². The van der Waals surface area contributed by atoms with E-state index < -0.39 is 10.0 Å². The molecular weight excluding hydrogens is 513 g/mol. The van der Waals surface area contributed by atoms with Gasteiger partial charge in [0.25, 0.3) is 0 Å². The Morgan fingerprint density at radius 2 is 1.76 bits per heavy atom. The lowest BCUT2D eigenvalue weighted by Crippen LogP contribution is -2.23. The Morgan fingerprint density at radius 3 is 2.44 bits per heavy atom. The molecule has 0 amide bonds. The number of halogens is 2. The second-order valence-corrected chi connectivity index (χ2v) is 10.2. The van der Waals surface area contributed by atoms with Gasteiger partial charge in [0.15, 0.2) is 4.80 Å². The lowest BCUT2D eigenvalue weighted by atomic mass is 10.2. The normalized spacial score (nSPS) is 11.8. The topological polar surface area (TPSA) is 72.7 Å². The minimum atomic E-state index is -3.80. The fourth-order valence-electron chi connectivity index (χ4n) is 3.22. The highest BCUT2D eigenvalue weighted by atomic mass is 35.5. The molecule has 34 heavy (non-hydrogen) atoms. The second-order valence-electron chi connectivity index (χ2n) is 7.23. The molecule has 3 aromatic carbocycles. The monoisotopic (exact) mass is 535 g/mol. The summed E-state index contributed by atoms with van der Waals surface area (Å²) in [4.78, 5) is 5.50. The third-order valence-electron chi connectivity index (χ3n) is 5.05. The maximum atomic E-state index is 13.0. The molecular formula is C24H23Cl2N3O3S2. The van der Waals surface area contributed by atoms with Gasteiger partial charge in [-0.1, -0.05) is 48.0 Å². The summed E-state index contributed by atoms with van der Waals surface area (Å²) in [7, 11) is -0.290. The van der Waals surface area contributed by atoms with Gasteiger partial charge in [-0.3, -0.25) is 0 Å². The number of nitrogens with one attached hydrogen (secondary N) is 1. The van der Waals surface area contributed by atoms with Gasteiger partial charge < -0.3 is 9.30 Å². The van der Waals surface area contributed by atoms with Crippen LogP contribution in [0.2, 0.25) is 5.02 Å². The van der Waals surface area contributed by atoms with Gasteiger partial charge >= 0.3 is 0 Å². The number of hydrogen-bond acceptors (Lipinski definition) is 5. The zero-order valence-corrected chi connectivity index (χ0v) is 21.6. The predicted octanol–water partition coefficient (Wildman–Crippen LogP) is 5.55. The lowest BCUT2D eigenvalue weighted by molar-refractivity contribution is 0.415. The molecule has 0 aliphatic heterocycles. The SMILES string of the molecule is COc1ccc(N=c2scc(-c3ccc(Cl)c(S(=O)(=O)NCc4ccccc4)c3)n2C)cc1.Cl. The Hall–Kier alpha value is -2.62. The molecule has 0 aliphatic rings. The standard InChI is InChI=1S/C24H22ClN3O3S2.ClH/c1-28-22(16-32-24(28)27-19-9-11-20(31-2)12-10-19)18-8-13-21(25)23(14-18)33(29,30)26-15-17-6-4-3-5-7-17;/h3-14,16,26H,15H2,1-2H3;1H. The Kier molecular flexibility index (Phi) is 8.57. The number of rotatable bonds is 7. The van der Waals surface area contributed by atoms with Crippen LogP contribution < -0.4 is 14.3 Å². The van der Waals surface area contributed by atoms with Gasteiger partial charge in [-0.2, -0.15) is 0 Å². The predicted molar refractivity (Wildman–Crippen MR) is 140 cm³/mol. The molecule has 1 aromatic heterocycles. The van der Waals surface area contributed by atoms with E-state index in [4.69, 9.17) is 16.3 Å². The van der Waals surface area contributed by atoms with Crippen molar-refractivity contribution in [3.05, 3.63) is 93.6 Å². The van der Waals surface area contributed by atoms with Gasteiger partial charge in [-0.25, -0.2) is 18.1 Å². The van der Waals surface area contributed by atoms with E-state index in [1.165, 1.54) is 11.3 Å². The molecule has 1 N–H and O–H groups in total. The second kappa shape index (κ2) is 11.2. The van der Waals surface area contributed by atoms with Crippen molar-refractivity contribution in [3.8, 4) is 17.0 Å². The maximum absolute atomic E-state index is 13.0. The van der Waals surface area contributed by atoms with Gasteiger partial charge in [0, 0.05) is 24.5 Å².